The standard InChI is InChI=1S/C16H15Cl2N3OS/c1-21-6-5-8-11(7-21)23-16-12(8)15(22)19-14(20-16)13-9(17)3-2-4-10(13)18/h2-4,14,20H,5-7H2,1H3,(H,19,22)/t14-/m0/s1. The lowest BCUT2D eigenvalue weighted by Gasteiger charge is -2.28. The molecule has 1 aromatic heterocycles. The number of carbonyl (C=O) groups is 1. The van der Waals surface area contributed by atoms with E-state index in [-0.39, 0.29) is 5.91 Å². The Kier molecular flexibility index (Phi) is 3.76. The van der Waals surface area contributed by atoms with Gasteiger partial charge in [0.25, 0.3) is 5.91 Å². The first-order chi connectivity index (χ1) is 11.0. The number of likely N-dealkylation sites (N-methyl/N-ethyl adjacent to an activating group) is 1. The number of fused-ring (bicyclic) bond motifs is 3. The van der Waals surface area contributed by atoms with Gasteiger partial charge in [-0.3, -0.25) is 4.79 Å². The number of benzene rings is 1. The zero-order chi connectivity index (χ0) is 16.1. The van der Waals surface area contributed by atoms with E-state index in [1.54, 1.807) is 29.5 Å². The van der Waals surface area contributed by atoms with Crippen molar-refractivity contribution in [2.45, 2.75) is 19.1 Å². The maximum Gasteiger partial charge on any atom is 0.256 e. The lowest BCUT2D eigenvalue weighted by molar-refractivity contribution is 0.0935. The molecule has 4 rings (SSSR count). The quantitative estimate of drug-likeness (QED) is 0.803. The van der Waals surface area contributed by atoms with Crippen molar-refractivity contribution in [2.75, 3.05) is 18.9 Å². The van der Waals surface area contributed by atoms with Crippen LogP contribution in [0.5, 0.6) is 0 Å². The van der Waals surface area contributed by atoms with E-state index in [9.17, 15) is 4.79 Å². The van der Waals surface area contributed by atoms with E-state index in [0.29, 0.717) is 15.6 Å². The van der Waals surface area contributed by atoms with Gasteiger partial charge in [0.1, 0.15) is 11.2 Å². The summed E-state index contributed by atoms with van der Waals surface area (Å²) < 4.78 is 0. The minimum atomic E-state index is -0.408. The van der Waals surface area contributed by atoms with E-state index in [1.807, 2.05) is 0 Å². The largest absolute Gasteiger partial charge is 0.353 e. The Morgan fingerprint density at radius 3 is 2.74 bits per heavy atom. The van der Waals surface area contributed by atoms with Gasteiger partial charge in [0.2, 0.25) is 0 Å². The van der Waals surface area contributed by atoms with E-state index >= 15 is 0 Å². The summed E-state index contributed by atoms with van der Waals surface area (Å²) in [6.45, 7) is 1.86. The van der Waals surface area contributed by atoms with Crippen LogP contribution >= 0.6 is 34.5 Å². The van der Waals surface area contributed by atoms with Gasteiger partial charge in [0.15, 0.2) is 0 Å². The Morgan fingerprint density at radius 2 is 2.00 bits per heavy atom. The van der Waals surface area contributed by atoms with Gasteiger partial charge >= 0.3 is 0 Å². The molecule has 2 aliphatic rings. The number of amides is 1. The molecule has 0 bridgehead atoms. The highest BCUT2D eigenvalue weighted by molar-refractivity contribution is 7.16. The Balaban J connectivity index is 1.75. The van der Waals surface area contributed by atoms with Crippen molar-refractivity contribution in [3.63, 3.8) is 0 Å². The van der Waals surface area contributed by atoms with Crippen molar-refractivity contribution in [1.29, 1.82) is 0 Å². The second-order valence-corrected chi connectivity index (χ2v) is 7.80. The number of nitrogens with one attached hydrogen (secondary N) is 2. The van der Waals surface area contributed by atoms with E-state index < -0.39 is 6.17 Å². The molecule has 0 saturated heterocycles. The lowest BCUT2D eigenvalue weighted by Crippen LogP contribution is -2.39. The van der Waals surface area contributed by atoms with Gasteiger partial charge in [0, 0.05) is 33.6 Å². The minimum Gasteiger partial charge on any atom is -0.353 e. The molecular weight excluding hydrogens is 353 g/mol. The van der Waals surface area contributed by atoms with Gasteiger partial charge in [-0.2, -0.15) is 0 Å². The van der Waals surface area contributed by atoms with Crippen molar-refractivity contribution in [2.24, 2.45) is 0 Å². The third-order valence-electron chi connectivity index (χ3n) is 4.31. The number of anilines is 1. The Hall–Kier alpha value is -1.27. The molecule has 0 radical (unpaired) electrons. The first kappa shape index (κ1) is 15.3. The number of hydrogen-bond donors (Lipinski definition) is 2. The van der Waals surface area contributed by atoms with Crippen LogP contribution in [0.1, 0.15) is 32.5 Å². The molecular formula is C16H15Cl2N3OS. The molecule has 0 saturated carbocycles. The molecule has 0 spiro atoms. The number of hydrogen-bond acceptors (Lipinski definition) is 4. The predicted octanol–water partition coefficient (Wildman–Crippen LogP) is 3.90. The van der Waals surface area contributed by atoms with Crippen LogP contribution < -0.4 is 10.6 Å². The number of thiophene rings is 1. The summed E-state index contributed by atoms with van der Waals surface area (Å²) >= 11 is 14.2. The first-order valence-electron chi connectivity index (χ1n) is 7.39. The number of nitrogens with zero attached hydrogens (tertiary/aromatic N) is 1. The molecule has 0 aliphatic carbocycles. The Morgan fingerprint density at radius 1 is 1.26 bits per heavy atom. The molecule has 23 heavy (non-hydrogen) atoms. The zero-order valence-corrected chi connectivity index (χ0v) is 14.8. The van der Waals surface area contributed by atoms with Crippen molar-refractivity contribution >= 4 is 45.4 Å². The van der Waals surface area contributed by atoms with Crippen LogP contribution in [0.4, 0.5) is 5.00 Å². The van der Waals surface area contributed by atoms with Crippen molar-refractivity contribution in [1.82, 2.24) is 10.2 Å². The van der Waals surface area contributed by atoms with Gasteiger partial charge in [-0.15, -0.1) is 11.3 Å². The van der Waals surface area contributed by atoms with Crippen LogP contribution in [0.3, 0.4) is 0 Å². The van der Waals surface area contributed by atoms with E-state index in [0.717, 1.165) is 30.1 Å². The van der Waals surface area contributed by atoms with Crippen molar-refractivity contribution in [3.05, 3.63) is 49.8 Å². The normalized spacial score (nSPS) is 20.5. The fraction of sp³-hybridized carbons (Fsp3) is 0.312. The molecule has 4 nitrogen and oxygen atoms in total. The van der Waals surface area contributed by atoms with Crippen LogP contribution in [0.2, 0.25) is 10.0 Å². The summed E-state index contributed by atoms with van der Waals surface area (Å²) in [5, 5.41) is 8.38. The molecule has 1 atom stereocenters. The summed E-state index contributed by atoms with van der Waals surface area (Å²) in [4.78, 5) is 16.2. The van der Waals surface area contributed by atoms with Gasteiger partial charge in [-0.1, -0.05) is 29.3 Å². The lowest BCUT2D eigenvalue weighted by atomic mass is 10.0. The van der Waals surface area contributed by atoms with Crippen LogP contribution in [-0.4, -0.2) is 24.4 Å². The third kappa shape index (κ3) is 2.52. The summed E-state index contributed by atoms with van der Waals surface area (Å²) in [5.74, 6) is -0.0539. The highest BCUT2D eigenvalue weighted by Crippen LogP contribution is 2.42. The zero-order valence-electron chi connectivity index (χ0n) is 12.5. The van der Waals surface area contributed by atoms with Gasteiger partial charge in [-0.25, -0.2) is 0 Å². The maximum absolute atomic E-state index is 12.7. The van der Waals surface area contributed by atoms with E-state index in [1.165, 1.54) is 10.4 Å². The second kappa shape index (κ2) is 5.67. The molecule has 0 fully saturated rings. The molecule has 1 aromatic carbocycles. The highest BCUT2D eigenvalue weighted by atomic mass is 35.5. The van der Waals surface area contributed by atoms with Gasteiger partial charge < -0.3 is 15.5 Å². The van der Waals surface area contributed by atoms with Crippen molar-refractivity contribution in [3.8, 4) is 0 Å². The maximum atomic E-state index is 12.7. The smallest absolute Gasteiger partial charge is 0.256 e. The SMILES string of the molecule is CN1CCc2c(sc3c2C(=O)N[C@H](c2c(Cl)cccc2Cl)N3)C1. The average molecular weight is 368 g/mol. The molecule has 2 aromatic rings. The van der Waals surface area contributed by atoms with E-state index in [4.69, 9.17) is 23.2 Å². The fourth-order valence-corrected chi connectivity index (χ4v) is 5.14. The molecule has 3 heterocycles. The highest BCUT2D eigenvalue weighted by Gasteiger charge is 2.34. The number of halogens is 2. The van der Waals surface area contributed by atoms with Crippen LogP contribution in [0, 0.1) is 0 Å². The van der Waals surface area contributed by atoms with Gasteiger partial charge in [0.05, 0.1) is 5.56 Å². The third-order valence-corrected chi connectivity index (χ3v) is 6.12. The topological polar surface area (TPSA) is 44.4 Å². The first-order valence-corrected chi connectivity index (χ1v) is 8.96. The molecule has 7 heteroatoms. The molecule has 2 N–H and O–H groups in total. The van der Waals surface area contributed by atoms with Crippen LogP contribution in [0.15, 0.2) is 18.2 Å². The van der Waals surface area contributed by atoms with Gasteiger partial charge in [-0.05, 0) is 31.2 Å². The Bertz CT molecular complexity index is 785. The Labute approximate surface area is 148 Å². The van der Waals surface area contributed by atoms with Crippen molar-refractivity contribution < 1.29 is 4.79 Å². The monoisotopic (exact) mass is 367 g/mol. The molecule has 0 unspecified atom stereocenters. The van der Waals surface area contributed by atoms with Crippen LogP contribution in [0.25, 0.3) is 0 Å². The van der Waals surface area contributed by atoms with E-state index in [2.05, 4.69) is 22.6 Å². The second-order valence-electron chi connectivity index (χ2n) is 5.88. The summed E-state index contributed by atoms with van der Waals surface area (Å²) in [6, 6.07) is 5.35. The fourth-order valence-electron chi connectivity index (χ4n) is 3.17. The summed E-state index contributed by atoms with van der Waals surface area (Å²) in [7, 11) is 2.10. The molecule has 120 valence electrons. The summed E-state index contributed by atoms with van der Waals surface area (Å²) in [6.07, 6.45) is 0.499. The minimum absolute atomic E-state index is 0.0539. The number of carbonyl (C=O) groups excluding carboxylic acids is 1. The molecule has 2 aliphatic heterocycles. The molecule has 1 amide bonds. The summed E-state index contributed by atoms with van der Waals surface area (Å²) in [5.41, 5.74) is 2.67. The average Bonchev–Trinajstić information content (AvgIpc) is 2.84. The van der Waals surface area contributed by atoms with Crippen LogP contribution in [-0.2, 0) is 13.0 Å². The number of rotatable bonds is 1. The predicted molar refractivity (Wildman–Crippen MR) is 94.6 cm³/mol.